The quantitative estimate of drug-likeness (QED) is 0.294. The topological polar surface area (TPSA) is 58.1 Å². The average Bonchev–Trinajstić information content (AvgIpc) is 2.66. The maximum Gasteiger partial charge on any atom is 0.387 e. The Balaban J connectivity index is 0.00000420. The van der Waals surface area contributed by atoms with Crippen molar-refractivity contribution in [3.63, 3.8) is 0 Å². The van der Waals surface area contributed by atoms with E-state index in [-0.39, 0.29) is 36.3 Å². The van der Waals surface area contributed by atoms with Crippen LogP contribution in [0.5, 0.6) is 5.75 Å². The summed E-state index contributed by atoms with van der Waals surface area (Å²) >= 11 is 0. The number of nitrogens with one attached hydrogen (secondary N) is 2. The van der Waals surface area contributed by atoms with Crippen molar-refractivity contribution in [2.45, 2.75) is 33.9 Å². The van der Waals surface area contributed by atoms with Crippen LogP contribution in [0.1, 0.15) is 25.0 Å². The third-order valence-corrected chi connectivity index (χ3v) is 4.48. The first kappa shape index (κ1) is 25.8. The van der Waals surface area contributed by atoms with Gasteiger partial charge in [0.05, 0.1) is 19.8 Å². The van der Waals surface area contributed by atoms with E-state index in [1.807, 2.05) is 19.9 Å². The second kappa shape index (κ2) is 13.9. The van der Waals surface area contributed by atoms with E-state index in [9.17, 15) is 8.78 Å². The zero-order chi connectivity index (χ0) is 20.4. The molecule has 2 N–H and O–H groups in total. The molecule has 166 valence electrons. The minimum Gasteiger partial charge on any atom is -0.434 e. The van der Waals surface area contributed by atoms with E-state index >= 15 is 0 Å². The smallest absolute Gasteiger partial charge is 0.387 e. The second-order valence-corrected chi connectivity index (χ2v) is 7.08. The van der Waals surface area contributed by atoms with Gasteiger partial charge >= 0.3 is 6.61 Å². The fraction of sp³-hybridized carbons (Fsp3) is 0.650. The number of benzene rings is 1. The van der Waals surface area contributed by atoms with Crippen LogP contribution >= 0.6 is 24.0 Å². The molecule has 1 fully saturated rings. The van der Waals surface area contributed by atoms with Crippen LogP contribution in [0.15, 0.2) is 23.2 Å². The third-order valence-electron chi connectivity index (χ3n) is 4.48. The summed E-state index contributed by atoms with van der Waals surface area (Å²) in [7, 11) is 0. The van der Waals surface area contributed by atoms with Crippen LogP contribution in [0.4, 0.5) is 8.78 Å². The van der Waals surface area contributed by atoms with Gasteiger partial charge in [0.25, 0.3) is 0 Å². The highest BCUT2D eigenvalue weighted by Gasteiger charge is 2.14. The van der Waals surface area contributed by atoms with Crippen LogP contribution in [-0.2, 0) is 11.3 Å². The normalized spacial score (nSPS) is 16.3. The molecule has 1 unspecified atom stereocenters. The van der Waals surface area contributed by atoms with Crippen molar-refractivity contribution in [1.82, 2.24) is 15.5 Å². The Kier molecular flexibility index (Phi) is 12.4. The van der Waals surface area contributed by atoms with Gasteiger partial charge in [-0.25, -0.2) is 4.99 Å². The molecule has 0 aliphatic carbocycles. The van der Waals surface area contributed by atoms with Gasteiger partial charge in [-0.2, -0.15) is 8.78 Å². The number of halogens is 3. The standard InChI is InChI=1S/C20H32F2N4O2.HI/c1-4-23-20(24-12-16(3)14-26-7-9-27-10-8-26)25-13-17-11-15(2)5-6-18(17)28-19(21)22;/h5-6,11,16,19H,4,7-10,12-14H2,1-3H3,(H2,23,24,25);1H. The molecule has 1 heterocycles. The molecule has 1 aromatic carbocycles. The van der Waals surface area contributed by atoms with Gasteiger partial charge in [0.1, 0.15) is 5.75 Å². The van der Waals surface area contributed by atoms with Crippen molar-refractivity contribution in [2.75, 3.05) is 45.9 Å². The summed E-state index contributed by atoms with van der Waals surface area (Å²) in [4.78, 5) is 6.95. The highest BCUT2D eigenvalue weighted by Crippen LogP contribution is 2.22. The largest absolute Gasteiger partial charge is 0.434 e. The van der Waals surface area contributed by atoms with Crippen LogP contribution in [0.3, 0.4) is 0 Å². The van der Waals surface area contributed by atoms with Crippen molar-refractivity contribution in [3.05, 3.63) is 29.3 Å². The average molecular weight is 526 g/mol. The summed E-state index contributed by atoms with van der Waals surface area (Å²) < 4.78 is 35.3. The number of aryl methyl sites for hydroxylation is 1. The Morgan fingerprint density at radius 1 is 1.28 bits per heavy atom. The zero-order valence-electron chi connectivity index (χ0n) is 17.4. The number of morpholine rings is 1. The van der Waals surface area contributed by atoms with Gasteiger partial charge < -0.3 is 20.1 Å². The summed E-state index contributed by atoms with van der Waals surface area (Å²) in [6, 6.07) is 5.14. The SMILES string of the molecule is CCNC(=NCc1cc(C)ccc1OC(F)F)NCC(C)CN1CCOCC1.I. The fourth-order valence-corrected chi connectivity index (χ4v) is 3.11. The number of guanidine groups is 1. The number of hydrogen-bond donors (Lipinski definition) is 2. The zero-order valence-corrected chi connectivity index (χ0v) is 19.7. The molecule has 2 rings (SSSR count). The van der Waals surface area contributed by atoms with Crippen LogP contribution in [0.2, 0.25) is 0 Å². The fourth-order valence-electron chi connectivity index (χ4n) is 3.11. The number of rotatable bonds is 9. The maximum absolute atomic E-state index is 12.6. The predicted molar refractivity (Wildman–Crippen MR) is 122 cm³/mol. The van der Waals surface area contributed by atoms with Gasteiger partial charge in [-0.05, 0) is 25.8 Å². The molecule has 1 aromatic rings. The van der Waals surface area contributed by atoms with Crippen LogP contribution < -0.4 is 15.4 Å². The van der Waals surface area contributed by atoms with Crippen molar-refractivity contribution in [2.24, 2.45) is 10.9 Å². The lowest BCUT2D eigenvalue weighted by molar-refractivity contribution is -0.0504. The van der Waals surface area contributed by atoms with Crippen molar-refractivity contribution in [1.29, 1.82) is 0 Å². The number of hydrogen-bond acceptors (Lipinski definition) is 4. The van der Waals surface area contributed by atoms with E-state index in [0.29, 0.717) is 17.4 Å². The highest BCUT2D eigenvalue weighted by molar-refractivity contribution is 14.0. The van der Waals surface area contributed by atoms with Crippen LogP contribution in [0.25, 0.3) is 0 Å². The summed E-state index contributed by atoms with van der Waals surface area (Å²) in [5.74, 6) is 1.28. The molecule has 1 saturated heterocycles. The lowest BCUT2D eigenvalue weighted by atomic mass is 10.1. The van der Waals surface area contributed by atoms with Crippen LogP contribution in [-0.4, -0.2) is 63.4 Å². The van der Waals surface area contributed by atoms with E-state index in [0.717, 1.165) is 51.5 Å². The summed E-state index contributed by atoms with van der Waals surface area (Å²) in [5, 5.41) is 6.55. The molecule has 0 radical (unpaired) electrons. The molecule has 0 saturated carbocycles. The van der Waals surface area contributed by atoms with Crippen molar-refractivity contribution in [3.8, 4) is 5.75 Å². The summed E-state index contributed by atoms with van der Waals surface area (Å²) in [5.41, 5.74) is 1.61. The number of alkyl halides is 2. The summed E-state index contributed by atoms with van der Waals surface area (Å²) in [6.07, 6.45) is 0. The lowest BCUT2D eigenvalue weighted by Gasteiger charge is -2.29. The number of nitrogens with zero attached hydrogens (tertiary/aromatic N) is 2. The Morgan fingerprint density at radius 3 is 2.66 bits per heavy atom. The van der Waals surface area contributed by atoms with E-state index in [2.05, 4.69) is 32.2 Å². The van der Waals surface area contributed by atoms with E-state index < -0.39 is 6.61 Å². The maximum atomic E-state index is 12.6. The number of ether oxygens (including phenoxy) is 2. The molecular weight excluding hydrogens is 493 g/mol. The molecule has 1 aliphatic heterocycles. The molecule has 0 amide bonds. The highest BCUT2D eigenvalue weighted by atomic mass is 127. The minimum atomic E-state index is -2.85. The first-order chi connectivity index (χ1) is 13.5. The molecule has 1 aliphatic rings. The Hall–Kier alpha value is -1.20. The Labute approximate surface area is 189 Å². The Bertz CT molecular complexity index is 628. The van der Waals surface area contributed by atoms with E-state index in [4.69, 9.17) is 4.74 Å². The van der Waals surface area contributed by atoms with Crippen LogP contribution in [0, 0.1) is 12.8 Å². The van der Waals surface area contributed by atoms with Gasteiger partial charge in [0.2, 0.25) is 0 Å². The van der Waals surface area contributed by atoms with E-state index in [1.165, 1.54) is 0 Å². The summed E-state index contributed by atoms with van der Waals surface area (Å²) in [6.45, 7) is 9.54. The van der Waals surface area contributed by atoms with Gasteiger partial charge in [-0.15, -0.1) is 24.0 Å². The number of aliphatic imine (C=N–C) groups is 1. The van der Waals surface area contributed by atoms with Crippen molar-refractivity contribution < 1.29 is 18.3 Å². The van der Waals surface area contributed by atoms with Gasteiger partial charge in [0.15, 0.2) is 5.96 Å². The molecule has 6 nitrogen and oxygen atoms in total. The Morgan fingerprint density at radius 2 is 2.00 bits per heavy atom. The van der Waals surface area contributed by atoms with Gasteiger partial charge in [-0.1, -0.05) is 24.6 Å². The first-order valence-corrected chi connectivity index (χ1v) is 9.84. The third kappa shape index (κ3) is 9.90. The molecule has 29 heavy (non-hydrogen) atoms. The minimum absolute atomic E-state index is 0. The molecule has 0 spiro atoms. The predicted octanol–water partition coefficient (Wildman–Crippen LogP) is 3.24. The monoisotopic (exact) mass is 526 g/mol. The molecule has 0 bridgehead atoms. The molecule has 9 heteroatoms. The van der Waals surface area contributed by atoms with Gasteiger partial charge in [0, 0.05) is 38.3 Å². The van der Waals surface area contributed by atoms with Gasteiger partial charge in [-0.3, -0.25) is 4.90 Å². The van der Waals surface area contributed by atoms with E-state index in [1.54, 1.807) is 12.1 Å². The first-order valence-electron chi connectivity index (χ1n) is 9.84. The lowest BCUT2D eigenvalue weighted by Crippen LogP contribution is -2.44. The second-order valence-electron chi connectivity index (χ2n) is 7.08. The van der Waals surface area contributed by atoms with Crippen molar-refractivity contribution >= 4 is 29.9 Å². The molecule has 1 atom stereocenters. The molecule has 0 aromatic heterocycles. The molecular formula is C20H33F2IN4O2.